The van der Waals surface area contributed by atoms with E-state index in [1.165, 1.54) is 12.1 Å². The molecular formula is C19H13F3N6O. The summed E-state index contributed by atoms with van der Waals surface area (Å²) in [6.45, 7) is 0. The minimum atomic E-state index is -4.52. The van der Waals surface area contributed by atoms with E-state index >= 15 is 0 Å². The van der Waals surface area contributed by atoms with E-state index in [1.54, 1.807) is 35.0 Å². The van der Waals surface area contributed by atoms with Crippen molar-refractivity contribution in [1.82, 2.24) is 19.4 Å². The molecule has 3 N–H and O–H groups in total. The van der Waals surface area contributed by atoms with Gasteiger partial charge in [0.2, 0.25) is 5.95 Å². The average Bonchev–Trinajstić information content (AvgIpc) is 3.13. The molecule has 0 saturated heterocycles. The van der Waals surface area contributed by atoms with Gasteiger partial charge < -0.3 is 11.1 Å². The molecule has 0 spiro atoms. The molecule has 146 valence electrons. The van der Waals surface area contributed by atoms with Crippen molar-refractivity contribution in [2.75, 3.05) is 11.1 Å². The van der Waals surface area contributed by atoms with Gasteiger partial charge in [0, 0.05) is 23.5 Å². The first-order chi connectivity index (χ1) is 13.8. The van der Waals surface area contributed by atoms with Crippen LogP contribution in [-0.2, 0) is 6.18 Å². The number of rotatable bonds is 3. The number of halogens is 3. The van der Waals surface area contributed by atoms with Crippen molar-refractivity contribution in [2.45, 2.75) is 6.18 Å². The number of imidazole rings is 1. The Bertz CT molecular complexity index is 1200. The van der Waals surface area contributed by atoms with Crippen molar-refractivity contribution in [1.29, 1.82) is 0 Å². The summed E-state index contributed by atoms with van der Waals surface area (Å²) in [5.74, 6) is 0.0501. The lowest BCUT2D eigenvalue weighted by Gasteiger charge is -2.09. The topological polar surface area (TPSA) is 98.2 Å². The molecule has 0 saturated carbocycles. The van der Waals surface area contributed by atoms with Crippen molar-refractivity contribution in [3.05, 3.63) is 72.2 Å². The van der Waals surface area contributed by atoms with E-state index in [4.69, 9.17) is 5.73 Å². The first-order valence-electron chi connectivity index (χ1n) is 8.36. The number of fused-ring (bicyclic) bond motifs is 1. The Labute approximate surface area is 162 Å². The maximum absolute atomic E-state index is 12.8. The second-order valence-corrected chi connectivity index (χ2v) is 6.10. The Morgan fingerprint density at radius 1 is 1.00 bits per heavy atom. The molecule has 0 aliphatic carbocycles. The molecule has 29 heavy (non-hydrogen) atoms. The van der Waals surface area contributed by atoms with Crippen LogP contribution in [0.4, 0.5) is 24.9 Å². The number of nitrogens with two attached hydrogens (primary N) is 1. The van der Waals surface area contributed by atoms with Crippen LogP contribution in [0.1, 0.15) is 15.9 Å². The highest BCUT2D eigenvalue weighted by Gasteiger charge is 2.30. The van der Waals surface area contributed by atoms with Gasteiger partial charge in [-0.3, -0.25) is 9.20 Å². The summed E-state index contributed by atoms with van der Waals surface area (Å²) in [6.07, 6.45) is -0.310. The Balaban J connectivity index is 1.57. The zero-order chi connectivity index (χ0) is 20.6. The van der Waals surface area contributed by atoms with Crippen LogP contribution in [0.5, 0.6) is 0 Å². The van der Waals surface area contributed by atoms with Crippen LogP contribution in [0.25, 0.3) is 16.9 Å². The summed E-state index contributed by atoms with van der Waals surface area (Å²) >= 11 is 0. The molecule has 0 aliphatic heterocycles. The number of aromatic nitrogens is 4. The lowest BCUT2D eigenvalue weighted by Crippen LogP contribution is -2.14. The minimum Gasteiger partial charge on any atom is -0.369 e. The molecule has 1 aromatic carbocycles. The molecule has 0 fully saturated rings. The van der Waals surface area contributed by atoms with Gasteiger partial charge in [-0.15, -0.1) is 0 Å². The number of hydrogen-bond acceptors (Lipinski definition) is 5. The highest BCUT2D eigenvalue weighted by molar-refractivity contribution is 6.04. The number of alkyl halides is 3. The number of pyridine rings is 1. The molecule has 7 nitrogen and oxygen atoms in total. The van der Waals surface area contributed by atoms with E-state index < -0.39 is 17.6 Å². The van der Waals surface area contributed by atoms with Gasteiger partial charge in [-0.1, -0.05) is 12.1 Å². The predicted octanol–water partition coefficient (Wildman–Crippen LogP) is 3.64. The van der Waals surface area contributed by atoms with Gasteiger partial charge in [0.25, 0.3) is 5.91 Å². The van der Waals surface area contributed by atoms with Crippen LogP contribution in [0, 0.1) is 0 Å². The fourth-order valence-electron chi connectivity index (χ4n) is 2.81. The largest absolute Gasteiger partial charge is 0.416 e. The highest BCUT2D eigenvalue weighted by Crippen LogP contribution is 2.30. The number of carbonyl (C=O) groups excluding carboxylic acids is 1. The summed E-state index contributed by atoms with van der Waals surface area (Å²) in [5.41, 5.74) is 6.72. The van der Waals surface area contributed by atoms with Crippen molar-refractivity contribution in [2.24, 2.45) is 0 Å². The molecule has 3 aromatic heterocycles. The Kier molecular flexibility index (Phi) is 4.38. The van der Waals surface area contributed by atoms with Gasteiger partial charge in [-0.25, -0.2) is 15.0 Å². The average molecular weight is 398 g/mol. The van der Waals surface area contributed by atoms with E-state index in [2.05, 4.69) is 20.3 Å². The van der Waals surface area contributed by atoms with Crippen molar-refractivity contribution < 1.29 is 18.0 Å². The third-order valence-electron chi connectivity index (χ3n) is 4.20. The fraction of sp³-hybridized carbons (Fsp3) is 0.0526. The van der Waals surface area contributed by atoms with Crippen molar-refractivity contribution >= 4 is 23.2 Å². The molecule has 0 atom stereocenters. The third-order valence-corrected chi connectivity index (χ3v) is 4.20. The Morgan fingerprint density at radius 3 is 2.45 bits per heavy atom. The third kappa shape index (κ3) is 3.59. The fourth-order valence-corrected chi connectivity index (χ4v) is 2.81. The SMILES string of the molecule is Nc1nccc2cnc(-c3ccc(C(=O)Nc4cc(C(F)(F)F)ccn4)cc3)n12. The minimum absolute atomic E-state index is 0.188. The number of nitrogens with zero attached hydrogens (tertiary/aromatic N) is 4. The van der Waals surface area contributed by atoms with Crippen molar-refractivity contribution in [3.63, 3.8) is 0 Å². The van der Waals surface area contributed by atoms with Gasteiger partial charge in [-0.05, 0) is 30.3 Å². The Hall–Kier alpha value is -3.95. The number of amides is 1. The lowest BCUT2D eigenvalue weighted by atomic mass is 10.1. The first-order valence-corrected chi connectivity index (χ1v) is 8.36. The van der Waals surface area contributed by atoms with Crippen LogP contribution in [0.2, 0.25) is 0 Å². The van der Waals surface area contributed by atoms with E-state index in [9.17, 15) is 18.0 Å². The molecule has 0 unspecified atom stereocenters. The predicted molar refractivity (Wildman–Crippen MR) is 100 cm³/mol. The molecule has 1 amide bonds. The van der Waals surface area contributed by atoms with E-state index in [0.717, 1.165) is 23.8 Å². The number of hydrogen-bond donors (Lipinski definition) is 2. The maximum atomic E-state index is 12.8. The smallest absolute Gasteiger partial charge is 0.369 e. The highest BCUT2D eigenvalue weighted by atomic mass is 19.4. The van der Waals surface area contributed by atoms with Gasteiger partial charge in [0.05, 0.1) is 17.3 Å². The van der Waals surface area contributed by atoms with E-state index in [-0.39, 0.29) is 17.3 Å². The number of carbonyl (C=O) groups is 1. The summed E-state index contributed by atoms with van der Waals surface area (Å²) in [6, 6.07) is 9.76. The first kappa shape index (κ1) is 18.4. The van der Waals surface area contributed by atoms with Gasteiger partial charge in [0.1, 0.15) is 11.6 Å². The van der Waals surface area contributed by atoms with E-state index in [0.29, 0.717) is 11.4 Å². The molecule has 0 bridgehead atoms. The van der Waals surface area contributed by atoms with Crippen LogP contribution >= 0.6 is 0 Å². The summed E-state index contributed by atoms with van der Waals surface area (Å²) < 4.78 is 40.0. The Morgan fingerprint density at radius 2 is 1.72 bits per heavy atom. The number of benzene rings is 1. The van der Waals surface area contributed by atoms with Crippen LogP contribution < -0.4 is 11.1 Å². The zero-order valence-electron chi connectivity index (χ0n) is 14.7. The normalized spacial score (nSPS) is 11.6. The molecule has 0 aliphatic rings. The summed E-state index contributed by atoms with van der Waals surface area (Å²) in [4.78, 5) is 24.5. The molecule has 10 heteroatoms. The molecule has 0 radical (unpaired) electrons. The summed E-state index contributed by atoms with van der Waals surface area (Å²) in [7, 11) is 0. The summed E-state index contributed by atoms with van der Waals surface area (Å²) in [5, 5.41) is 2.36. The monoisotopic (exact) mass is 398 g/mol. The number of nitrogens with one attached hydrogen (secondary N) is 1. The van der Waals surface area contributed by atoms with Crippen molar-refractivity contribution in [3.8, 4) is 11.4 Å². The number of nitrogen functional groups attached to an aromatic ring is 1. The van der Waals surface area contributed by atoms with Gasteiger partial charge in [0.15, 0.2) is 0 Å². The van der Waals surface area contributed by atoms with Crippen LogP contribution in [-0.4, -0.2) is 25.3 Å². The maximum Gasteiger partial charge on any atom is 0.416 e. The molecular weight excluding hydrogens is 385 g/mol. The zero-order valence-corrected chi connectivity index (χ0v) is 14.7. The number of anilines is 2. The standard InChI is InChI=1S/C19H13F3N6O/c20-19(21,22)13-5-7-24-15(9-13)27-17(29)12-3-1-11(2-4-12)16-26-10-14-6-8-25-18(23)28(14)16/h1-10H,(H2,23,25)(H,24,27,29). The second-order valence-electron chi connectivity index (χ2n) is 6.10. The molecule has 4 aromatic rings. The van der Waals surface area contributed by atoms with Gasteiger partial charge >= 0.3 is 6.18 Å². The van der Waals surface area contributed by atoms with Crippen LogP contribution in [0.3, 0.4) is 0 Å². The quantitative estimate of drug-likeness (QED) is 0.549. The molecule has 3 heterocycles. The van der Waals surface area contributed by atoms with Gasteiger partial charge in [-0.2, -0.15) is 13.2 Å². The molecule has 4 rings (SSSR count). The second kappa shape index (κ2) is 6.89. The lowest BCUT2D eigenvalue weighted by molar-refractivity contribution is -0.137. The van der Waals surface area contributed by atoms with Crippen LogP contribution in [0.15, 0.2) is 61.1 Å². The van der Waals surface area contributed by atoms with E-state index in [1.807, 2.05) is 0 Å².